The minimum Gasteiger partial charge on any atom is -0.486 e. The van der Waals surface area contributed by atoms with Crippen LogP contribution in [-0.2, 0) is 11.3 Å². The third-order valence-corrected chi connectivity index (χ3v) is 4.84. The molecule has 5 nitrogen and oxygen atoms in total. The van der Waals surface area contributed by atoms with Crippen LogP contribution in [0, 0.1) is 0 Å². The number of ether oxygens (including phenoxy) is 2. The first-order chi connectivity index (χ1) is 13.1. The molecule has 1 aromatic heterocycles. The zero-order valence-corrected chi connectivity index (χ0v) is 15.6. The van der Waals surface area contributed by atoms with Gasteiger partial charge < -0.3 is 18.8 Å². The summed E-state index contributed by atoms with van der Waals surface area (Å²) in [5.41, 5.74) is 0. The molecule has 2 aromatic carbocycles. The van der Waals surface area contributed by atoms with Crippen LogP contribution in [0.15, 0.2) is 59.0 Å². The lowest BCUT2D eigenvalue weighted by atomic mass is 10.1. The molecule has 0 saturated carbocycles. The molecular weight excluding hydrogens is 342 g/mol. The molecule has 1 saturated heterocycles. The molecule has 2 unspecified atom stereocenters. The van der Waals surface area contributed by atoms with E-state index in [1.807, 2.05) is 44.2 Å². The van der Waals surface area contributed by atoms with Crippen LogP contribution in [0.5, 0.6) is 5.75 Å². The molecule has 140 valence electrons. The number of benzene rings is 2. The Morgan fingerprint density at radius 2 is 1.93 bits per heavy atom. The van der Waals surface area contributed by atoms with Gasteiger partial charge in [-0.25, -0.2) is 0 Å². The molecule has 27 heavy (non-hydrogen) atoms. The Morgan fingerprint density at radius 3 is 2.78 bits per heavy atom. The highest BCUT2D eigenvalue weighted by atomic mass is 16.5. The zero-order valence-electron chi connectivity index (χ0n) is 15.6. The number of furan rings is 1. The summed E-state index contributed by atoms with van der Waals surface area (Å²) < 4.78 is 17.2. The third kappa shape index (κ3) is 3.83. The van der Waals surface area contributed by atoms with Crippen LogP contribution >= 0.6 is 0 Å². The van der Waals surface area contributed by atoms with Crippen molar-refractivity contribution in [3.8, 4) is 5.75 Å². The number of carbonyl (C=O) groups is 1. The Bertz CT molecular complexity index is 948. The van der Waals surface area contributed by atoms with Gasteiger partial charge >= 0.3 is 0 Å². The summed E-state index contributed by atoms with van der Waals surface area (Å²) in [6.45, 7) is 5.35. The van der Waals surface area contributed by atoms with Gasteiger partial charge in [-0.3, -0.25) is 4.79 Å². The highest BCUT2D eigenvalue weighted by molar-refractivity contribution is 5.91. The molecule has 5 heteroatoms. The maximum atomic E-state index is 12.7. The summed E-state index contributed by atoms with van der Waals surface area (Å²) in [5.74, 6) is 1.64. The second-order valence-corrected chi connectivity index (χ2v) is 7.01. The number of rotatable bonds is 4. The monoisotopic (exact) mass is 365 g/mol. The molecule has 3 aromatic rings. The van der Waals surface area contributed by atoms with E-state index >= 15 is 0 Å². The lowest BCUT2D eigenvalue weighted by molar-refractivity contribution is -0.0397. The van der Waals surface area contributed by atoms with Crippen molar-refractivity contribution < 1.29 is 18.7 Å². The predicted molar refractivity (Wildman–Crippen MR) is 103 cm³/mol. The summed E-state index contributed by atoms with van der Waals surface area (Å²) in [5, 5.41) is 2.30. The van der Waals surface area contributed by atoms with Gasteiger partial charge in [-0.2, -0.15) is 0 Å². The van der Waals surface area contributed by atoms with E-state index in [1.165, 1.54) is 5.39 Å². The van der Waals surface area contributed by atoms with Crippen molar-refractivity contribution in [3.05, 3.63) is 66.1 Å². The number of hydrogen-bond donors (Lipinski definition) is 0. The van der Waals surface area contributed by atoms with E-state index in [1.54, 1.807) is 17.0 Å². The minimum atomic E-state index is -0.102. The van der Waals surface area contributed by atoms with E-state index in [4.69, 9.17) is 13.9 Å². The quantitative estimate of drug-likeness (QED) is 0.693. The first-order valence-electron chi connectivity index (χ1n) is 9.23. The normalized spacial score (nSPS) is 20.0. The van der Waals surface area contributed by atoms with Gasteiger partial charge in [0.2, 0.25) is 0 Å². The highest BCUT2D eigenvalue weighted by Gasteiger charge is 2.29. The van der Waals surface area contributed by atoms with Gasteiger partial charge in [-0.1, -0.05) is 30.3 Å². The molecule has 0 radical (unpaired) electrons. The van der Waals surface area contributed by atoms with Gasteiger partial charge in [0.1, 0.15) is 18.1 Å². The van der Waals surface area contributed by atoms with Crippen molar-refractivity contribution in [1.82, 2.24) is 4.90 Å². The first kappa shape index (κ1) is 17.6. The lowest BCUT2D eigenvalue weighted by Gasteiger charge is -2.36. The molecule has 2 heterocycles. The number of fused-ring (bicyclic) bond motifs is 1. The smallest absolute Gasteiger partial charge is 0.289 e. The number of amides is 1. The van der Waals surface area contributed by atoms with Gasteiger partial charge in [0.15, 0.2) is 5.76 Å². The van der Waals surface area contributed by atoms with E-state index in [9.17, 15) is 4.79 Å². The summed E-state index contributed by atoms with van der Waals surface area (Å²) in [4.78, 5) is 14.5. The van der Waals surface area contributed by atoms with Crippen LogP contribution in [0.1, 0.15) is 30.2 Å². The molecular formula is C22H23NO4. The van der Waals surface area contributed by atoms with Crippen LogP contribution < -0.4 is 4.74 Å². The van der Waals surface area contributed by atoms with Crippen LogP contribution in [0.4, 0.5) is 0 Å². The third-order valence-electron chi connectivity index (χ3n) is 4.84. The summed E-state index contributed by atoms with van der Waals surface area (Å²) in [6, 6.07) is 17.7. The van der Waals surface area contributed by atoms with Crippen molar-refractivity contribution in [3.63, 3.8) is 0 Å². The maximum Gasteiger partial charge on any atom is 0.289 e. The van der Waals surface area contributed by atoms with Gasteiger partial charge in [0.25, 0.3) is 5.91 Å². The molecule has 0 bridgehead atoms. The molecule has 4 rings (SSSR count). The van der Waals surface area contributed by atoms with Crippen molar-refractivity contribution in [1.29, 1.82) is 0 Å². The van der Waals surface area contributed by atoms with Gasteiger partial charge in [-0.05, 0) is 48.9 Å². The van der Waals surface area contributed by atoms with E-state index in [2.05, 4.69) is 12.1 Å². The Morgan fingerprint density at radius 1 is 1.11 bits per heavy atom. The SMILES string of the molecule is CC1CN(C(=O)c2ccc(COc3ccc4ccccc4c3)o2)C(C)CO1. The first-order valence-corrected chi connectivity index (χ1v) is 9.23. The van der Waals surface area contributed by atoms with Gasteiger partial charge in [0, 0.05) is 6.54 Å². The summed E-state index contributed by atoms with van der Waals surface area (Å²) in [6.07, 6.45) is 0.0378. The fourth-order valence-electron chi connectivity index (χ4n) is 3.31. The Kier molecular flexibility index (Phi) is 4.86. The lowest BCUT2D eigenvalue weighted by Crippen LogP contribution is -2.50. The Hall–Kier alpha value is -2.79. The van der Waals surface area contributed by atoms with E-state index in [0.717, 1.165) is 11.1 Å². The van der Waals surface area contributed by atoms with E-state index in [-0.39, 0.29) is 24.7 Å². The minimum absolute atomic E-state index is 0.0378. The Labute approximate surface area is 158 Å². The number of hydrogen-bond acceptors (Lipinski definition) is 4. The second-order valence-electron chi connectivity index (χ2n) is 7.01. The maximum absolute atomic E-state index is 12.7. The largest absolute Gasteiger partial charge is 0.486 e. The highest BCUT2D eigenvalue weighted by Crippen LogP contribution is 2.22. The summed E-state index contributed by atoms with van der Waals surface area (Å²) in [7, 11) is 0. The van der Waals surface area contributed by atoms with Crippen molar-refractivity contribution in [2.75, 3.05) is 13.2 Å². The van der Waals surface area contributed by atoms with Crippen LogP contribution in [0.25, 0.3) is 10.8 Å². The zero-order chi connectivity index (χ0) is 18.8. The van der Waals surface area contributed by atoms with Crippen LogP contribution in [0.2, 0.25) is 0 Å². The van der Waals surface area contributed by atoms with Crippen LogP contribution in [-0.4, -0.2) is 36.1 Å². The Balaban J connectivity index is 1.42. The fourth-order valence-corrected chi connectivity index (χ4v) is 3.31. The predicted octanol–water partition coefficient (Wildman–Crippen LogP) is 4.26. The topological polar surface area (TPSA) is 51.9 Å². The molecule has 1 fully saturated rings. The van der Waals surface area contributed by atoms with Gasteiger partial charge in [0.05, 0.1) is 18.8 Å². The standard InChI is InChI=1S/C22H23NO4/c1-15-13-25-16(2)12-23(15)22(24)21-10-9-20(27-21)14-26-19-8-7-17-5-3-4-6-18(17)11-19/h3-11,15-16H,12-14H2,1-2H3. The number of carbonyl (C=O) groups excluding carboxylic acids is 1. The second kappa shape index (κ2) is 7.45. The summed E-state index contributed by atoms with van der Waals surface area (Å²) >= 11 is 0. The number of nitrogens with zero attached hydrogens (tertiary/aromatic N) is 1. The molecule has 0 N–H and O–H groups in total. The molecule has 0 spiro atoms. The van der Waals surface area contributed by atoms with Gasteiger partial charge in [-0.15, -0.1) is 0 Å². The molecule has 1 aliphatic heterocycles. The van der Waals surface area contributed by atoms with Crippen LogP contribution in [0.3, 0.4) is 0 Å². The number of morpholine rings is 1. The fraction of sp³-hybridized carbons (Fsp3) is 0.318. The van der Waals surface area contributed by atoms with Crippen molar-refractivity contribution in [2.24, 2.45) is 0 Å². The van der Waals surface area contributed by atoms with Crippen molar-refractivity contribution in [2.45, 2.75) is 32.6 Å². The average Bonchev–Trinajstić information content (AvgIpc) is 3.16. The molecule has 2 atom stereocenters. The van der Waals surface area contributed by atoms with E-state index < -0.39 is 0 Å². The molecule has 1 aliphatic rings. The van der Waals surface area contributed by atoms with E-state index in [0.29, 0.717) is 24.7 Å². The molecule has 1 amide bonds. The molecule has 0 aliphatic carbocycles. The van der Waals surface area contributed by atoms with Crippen molar-refractivity contribution >= 4 is 16.7 Å². The average molecular weight is 365 g/mol.